The van der Waals surface area contributed by atoms with Gasteiger partial charge in [0.2, 0.25) is 0 Å². The third-order valence-electron chi connectivity index (χ3n) is 10.3. The molecule has 5 heteroatoms. The Morgan fingerprint density at radius 1 is 0.476 bits per heavy atom. The number of carbonyl (C=O) groups excluding carboxylic acids is 1. The lowest BCUT2D eigenvalue weighted by molar-refractivity contribution is -0.160. The number of hydrogen-bond acceptors (Lipinski definition) is 5. The minimum Gasteiger partial charge on any atom is -0.462 e. The van der Waals surface area contributed by atoms with Crippen LogP contribution in [0.1, 0.15) is 180 Å². The molecule has 0 aromatic carbocycles. The van der Waals surface area contributed by atoms with Crippen molar-refractivity contribution in [1.82, 2.24) is 0 Å². The Balaban J connectivity index is 0.000000362. The Hall–Kier alpha value is -0.910. The average molecular weight is 595 g/mol. The van der Waals surface area contributed by atoms with Crippen molar-refractivity contribution in [1.29, 1.82) is 0 Å². The third-order valence-corrected chi connectivity index (χ3v) is 10.3. The normalized spacial score (nSPS) is 25.1. The molecule has 0 amide bonds. The van der Waals surface area contributed by atoms with Crippen molar-refractivity contribution in [3.63, 3.8) is 0 Å². The zero-order valence-electron chi connectivity index (χ0n) is 27.6. The molecule has 5 nitrogen and oxygen atoms in total. The predicted octanol–water partition coefficient (Wildman–Crippen LogP) is 9.60. The Bertz CT molecular complexity index is 545. The summed E-state index contributed by atoms with van der Waals surface area (Å²) < 4.78 is 5.21. The molecule has 0 bridgehead atoms. The van der Waals surface area contributed by atoms with Crippen molar-refractivity contribution in [2.45, 2.75) is 180 Å². The molecule has 0 heterocycles. The first-order chi connectivity index (χ1) is 20.6. The second-order valence-electron chi connectivity index (χ2n) is 13.5. The van der Waals surface area contributed by atoms with E-state index in [-0.39, 0.29) is 26.4 Å². The van der Waals surface area contributed by atoms with Crippen LogP contribution in [0, 0.1) is 10.8 Å². The Labute approximate surface area is 260 Å². The van der Waals surface area contributed by atoms with Crippen LogP contribution in [0.15, 0.2) is 12.7 Å². The molecule has 0 spiro atoms. The standard InChI is InChI=1S/C17H30O5.2C10H20/c1-2-15(21)22-14-17(13-20)10-8-6-4-3-5-7-9-16(17,11-18)12-19;2*1-2-4-6-8-10-9-7-5-3-1/h2,18-20H,1,3-14H2;2*1-10H2. The van der Waals surface area contributed by atoms with Gasteiger partial charge in [-0.05, 0) is 12.8 Å². The first-order valence-electron chi connectivity index (χ1n) is 18.2. The fourth-order valence-electron chi connectivity index (χ4n) is 7.03. The van der Waals surface area contributed by atoms with E-state index in [4.69, 9.17) is 4.74 Å². The Morgan fingerprint density at radius 2 is 0.714 bits per heavy atom. The maximum Gasteiger partial charge on any atom is 0.330 e. The molecule has 0 aromatic heterocycles. The predicted molar refractivity (Wildman–Crippen MR) is 177 cm³/mol. The fraction of sp³-hybridized carbons (Fsp3) is 0.919. The SMILES string of the molecule is C1CCCCCCCCC1.C1CCCCCCCCC1.C=CC(=O)OCC1(CO)CCCCCCCCC1(CO)CO. The van der Waals surface area contributed by atoms with Crippen molar-refractivity contribution in [3.8, 4) is 0 Å². The summed E-state index contributed by atoms with van der Waals surface area (Å²) in [6.45, 7) is 2.69. The minimum atomic E-state index is -0.833. The van der Waals surface area contributed by atoms with E-state index < -0.39 is 16.8 Å². The number of carbonyl (C=O) groups is 1. The summed E-state index contributed by atoms with van der Waals surface area (Å²) >= 11 is 0. The van der Waals surface area contributed by atoms with Crippen LogP contribution < -0.4 is 0 Å². The number of hydrogen-bond donors (Lipinski definition) is 3. The van der Waals surface area contributed by atoms with E-state index in [0.717, 1.165) is 44.6 Å². The molecular formula is C37H70O5. The van der Waals surface area contributed by atoms with Gasteiger partial charge in [-0.2, -0.15) is 0 Å². The summed E-state index contributed by atoms with van der Waals surface area (Å²) in [7, 11) is 0. The highest BCUT2D eigenvalue weighted by Crippen LogP contribution is 2.47. The molecule has 3 aliphatic carbocycles. The Kier molecular flexibility index (Phi) is 24.7. The van der Waals surface area contributed by atoms with Gasteiger partial charge in [0.25, 0.3) is 0 Å². The van der Waals surface area contributed by atoms with Crippen LogP contribution in [0.3, 0.4) is 0 Å². The van der Waals surface area contributed by atoms with E-state index in [1.165, 1.54) is 128 Å². The zero-order chi connectivity index (χ0) is 30.6. The van der Waals surface area contributed by atoms with Crippen LogP contribution >= 0.6 is 0 Å². The van der Waals surface area contributed by atoms with Crippen molar-refractivity contribution in [2.75, 3.05) is 26.4 Å². The van der Waals surface area contributed by atoms with Crippen molar-refractivity contribution in [2.24, 2.45) is 10.8 Å². The van der Waals surface area contributed by atoms with E-state index >= 15 is 0 Å². The highest BCUT2D eigenvalue weighted by Gasteiger charge is 2.50. The lowest BCUT2D eigenvalue weighted by Crippen LogP contribution is -2.53. The number of aliphatic hydroxyl groups excluding tert-OH is 3. The number of esters is 1. The van der Waals surface area contributed by atoms with Gasteiger partial charge in [0.15, 0.2) is 0 Å². The minimum absolute atomic E-state index is 0.00449. The van der Waals surface area contributed by atoms with Crippen molar-refractivity contribution >= 4 is 5.97 Å². The van der Waals surface area contributed by atoms with E-state index in [0.29, 0.717) is 12.8 Å². The summed E-state index contributed by atoms with van der Waals surface area (Å²) in [5.74, 6) is -0.547. The second-order valence-corrected chi connectivity index (χ2v) is 13.5. The maximum absolute atomic E-state index is 11.4. The van der Waals surface area contributed by atoms with E-state index in [2.05, 4.69) is 6.58 Å². The first-order valence-corrected chi connectivity index (χ1v) is 18.2. The average Bonchev–Trinajstić information content (AvgIpc) is 3.04. The van der Waals surface area contributed by atoms with Gasteiger partial charge in [0, 0.05) is 16.9 Å². The summed E-state index contributed by atoms with van der Waals surface area (Å²) in [4.78, 5) is 11.4. The third kappa shape index (κ3) is 16.8. The molecule has 3 fully saturated rings. The molecule has 42 heavy (non-hydrogen) atoms. The summed E-state index contributed by atoms with van der Waals surface area (Å²) in [5, 5.41) is 30.0. The molecule has 3 saturated carbocycles. The summed E-state index contributed by atoms with van der Waals surface area (Å²) in [6, 6.07) is 0. The molecule has 0 saturated heterocycles. The zero-order valence-corrected chi connectivity index (χ0v) is 27.6. The monoisotopic (exact) mass is 595 g/mol. The van der Waals surface area contributed by atoms with Crippen molar-refractivity contribution < 1.29 is 24.9 Å². The first kappa shape index (κ1) is 39.1. The van der Waals surface area contributed by atoms with E-state index in [1.807, 2.05) is 0 Å². The van der Waals surface area contributed by atoms with Gasteiger partial charge >= 0.3 is 5.97 Å². The van der Waals surface area contributed by atoms with Crippen LogP contribution in [-0.2, 0) is 9.53 Å². The molecule has 3 aliphatic rings. The summed E-state index contributed by atoms with van der Waals surface area (Å²) in [5.41, 5.74) is -1.65. The van der Waals surface area contributed by atoms with Gasteiger partial charge < -0.3 is 20.1 Å². The van der Waals surface area contributed by atoms with E-state index in [1.54, 1.807) is 0 Å². The summed E-state index contributed by atoms with van der Waals surface area (Å²) in [6.07, 6.45) is 38.5. The van der Waals surface area contributed by atoms with Gasteiger partial charge in [0.1, 0.15) is 6.61 Å². The highest BCUT2D eigenvalue weighted by molar-refractivity contribution is 5.81. The Morgan fingerprint density at radius 3 is 0.952 bits per heavy atom. The number of aliphatic hydroxyl groups is 3. The van der Waals surface area contributed by atoms with E-state index in [9.17, 15) is 20.1 Å². The van der Waals surface area contributed by atoms with Gasteiger partial charge in [0.05, 0.1) is 19.8 Å². The molecule has 1 atom stereocenters. The van der Waals surface area contributed by atoms with Gasteiger partial charge in [-0.3, -0.25) is 0 Å². The quantitative estimate of drug-likeness (QED) is 0.210. The van der Waals surface area contributed by atoms with Crippen LogP contribution in [0.5, 0.6) is 0 Å². The second kappa shape index (κ2) is 26.5. The number of ether oxygens (including phenoxy) is 1. The molecule has 3 rings (SSSR count). The maximum atomic E-state index is 11.4. The van der Waals surface area contributed by atoms with Crippen molar-refractivity contribution in [3.05, 3.63) is 12.7 Å². The molecule has 0 aromatic rings. The largest absolute Gasteiger partial charge is 0.462 e. The molecule has 248 valence electrons. The smallest absolute Gasteiger partial charge is 0.330 e. The molecule has 3 N–H and O–H groups in total. The van der Waals surface area contributed by atoms with Crippen LogP contribution in [0.25, 0.3) is 0 Å². The topological polar surface area (TPSA) is 87.0 Å². The lowest BCUT2D eigenvalue weighted by Gasteiger charge is -2.48. The van der Waals surface area contributed by atoms with Gasteiger partial charge in [-0.1, -0.05) is 174 Å². The molecule has 0 aliphatic heterocycles. The molecular weight excluding hydrogens is 524 g/mol. The van der Waals surface area contributed by atoms with Crippen LogP contribution in [0.4, 0.5) is 0 Å². The lowest BCUT2D eigenvalue weighted by atomic mass is 9.59. The number of rotatable bonds is 6. The van der Waals surface area contributed by atoms with Crippen LogP contribution in [-0.4, -0.2) is 47.7 Å². The fourth-order valence-corrected chi connectivity index (χ4v) is 7.03. The van der Waals surface area contributed by atoms with Crippen LogP contribution in [0.2, 0.25) is 0 Å². The molecule has 1 unspecified atom stereocenters. The van der Waals surface area contributed by atoms with Gasteiger partial charge in [-0.15, -0.1) is 0 Å². The van der Waals surface area contributed by atoms with Gasteiger partial charge in [-0.25, -0.2) is 4.79 Å². The highest BCUT2D eigenvalue weighted by atomic mass is 16.5. The molecule has 0 radical (unpaired) electrons.